The van der Waals surface area contributed by atoms with Crippen LogP contribution in [0.15, 0.2) is 0 Å². The van der Waals surface area contributed by atoms with Gasteiger partial charge in [-0.3, -0.25) is 0 Å². The molecule has 644 valence electrons. The molecule has 38 heteroatoms. The van der Waals surface area contributed by atoms with Crippen LogP contribution >= 0.6 is 105 Å². The van der Waals surface area contributed by atoms with Crippen molar-refractivity contribution in [1.29, 1.82) is 0 Å². The molecule has 0 radical (unpaired) electrons. The van der Waals surface area contributed by atoms with Gasteiger partial charge in [-0.15, -0.1) is 0 Å². The van der Waals surface area contributed by atoms with E-state index >= 15 is 0 Å². The third-order valence-corrected chi connectivity index (χ3v) is 21.0. The topological polar surface area (TPSA) is 425 Å². The molecule has 0 aromatic heterocycles. The number of halogens is 2. The minimum atomic E-state index is -1.09. The summed E-state index contributed by atoms with van der Waals surface area (Å²) >= 11 is 12.5. The lowest BCUT2D eigenvalue weighted by Gasteiger charge is -2.27. The number of rotatable bonds is 91. The van der Waals surface area contributed by atoms with Crippen LogP contribution in [-0.2, 0) is 96.1 Å². The lowest BCUT2D eigenvalue weighted by atomic mass is 10.3. The van der Waals surface area contributed by atoms with Gasteiger partial charge >= 0.3 is 0 Å². The standard InChI is InChI=1S/C69H143I2N5O26S5/c1-4-60(40-89-41-61(32-77)93-19-9-24-105-29-14-74)97-53-66(48-90-42-62(33-78)96-39-59(81)38-85-34-57(79)35-88-50-68(56-101-70)95-21-11-26-107-31-16-76)99-54-67(98-52-65(92-6-3)44-83-17-7-22-103-27-12-72)49-91-47-64(100-55-69(102-71)51-84-18-8-23-104-28-13-73)46-87-37-58(80)36-86-45-63(43-82-5-2)94-20-10-25-106-30-15-75/h57-69,77-81H,4-56,72-76H2,1-3H3. The fraction of sp³-hybridized carbons (Fsp3) is 1.00. The van der Waals surface area contributed by atoms with E-state index in [1.165, 1.54) is 0 Å². The molecule has 15 N–H and O–H groups in total. The molecular formula is C69H143I2N5O26S5. The summed E-state index contributed by atoms with van der Waals surface area (Å²) in [6, 6.07) is 0. The molecule has 0 bridgehead atoms. The molecule has 13 atom stereocenters. The van der Waals surface area contributed by atoms with Crippen LogP contribution in [-0.4, -0.2) is 407 Å². The molecule has 13 unspecified atom stereocenters. The van der Waals surface area contributed by atoms with Gasteiger partial charge in [-0.05, 0) is 81.1 Å². The van der Waals surface area contributed by atoms with E-state index in [-0.39, 0.29) is 157 Å². The van der Waals surface area contributed by atoms with Gasteiger partial charge in [0, 0.05) is 108 Å². The maximum absolute atomic E-state index is 11.1. The smallest absolute Gasteiger partial charge is 0.117 e. The van der Waals surface area contributed by atoms with Crippen molar-refractivity contribution >= 4 is 105 Å². The summed E-state index contributed by atoms with van der Waals surface area (Å²) in [7, 11) is 0. The van der Waals surface area contributed by atoms with Gasteiger partial charge in [-0.1, -0.05) is 6.92 Å². The van der Waals surface area contributed by atoms with Gasteiger partial charge in [-0.25, -0.2) is 0 Å². The summed E-state index contributed by atoms with van der Waals surface area (Å²) in [4.78, 5) is 0. The largest absolute Gasteiger partial charge is 0.394 e. The summed E-state index contributed by atoms with van der Waals surface area (Å²) in [5.41, 5.74) is 28.2. The summed E-state index contributed by atoms with van der Waals surface area (Å²) in [5.74, 6) is 9.07. The fourth-order valence-corrected chi connectivity index (χ4v) is 13.1. The van der Waals surface area contributed by atoms with Gasteiger partial charge in [-0.2, -0.15) is 58.8 Å². The molecule has 0 heterocycles. The maximum atomic E-state index is 11.1. The quantitative estimate of drug-likeness (QED) is 0.0309. The van der Waals surface area contributed by atoms with Crippen LogP contribution in [0.4, 0.5) is 0 Å². The second-order valence-corrected chi connectivity index (χ2v) is 31.7. The molecule has 0 aliphatic rings. The minimum Gasteiger partial charge on any atom is -0.394 e. The molecule has 107 heavy (non-hydrogen) atoms. The number of ether oxygens (including phenoxy) is 19. The predicted octanol–water partition coefficient (Wildman–Crippen LogP) is 2.65. The van der Waals surface area contributed by atoms with Crippen LogP contribution in [0, 0.1) is 0 Å². The zero-order valence-corrected chi connectivity index (χ0v) is 72.9. The van der Waals surface area contributed by atoms with E-state index in [1.54, 1.807) is 58.8 Å². The molecule has 0 aromatic rings. The van der Waals surface area contributed by atoms with E-state index in [9.17, 15) is 25.5 Å². The first-order chi connectivity index (χ1) is 52.4. The van der Waals surface area contributed by atoms with Crippen molar-refractivity contribution in [2.75, 3.05) is 302 Å². The first kappa shape index (κ1) is 109. The highest BCUT2D eigenvalue weighted by Crippen LogP contribution is 2.14. The average Bonchev–Trinajstić information content (AvgIpc) is 0.989. The van der Waals surface area contributed by atoms with Crippen LogP contribution in [0.25, 0.3) is 0 Å². The van der Waals surface area contributed by atoms with E-state index in [2.05, 4.69) is 0 Å². The number of nitrogens with two attached hydrogens (primary N) is 5. The first-order valence-electron chi connectivity index (χ1n) is 37.9. The van der Waals surface area contributed by atoms with Gasteiger partial charge in [0.05, 0.1) is 171 Å². The van der Waals surface area contributed by atoms with Gasteiger partial charge in [0.15, 0.2) is 0 Å². The summed E-state index contributed by atoms with van der Waals surface area (Å²) in [5, 5.41) is 52.9. The summed E-state index contributed by atoms with van der Waals surface area (Å²) in [6.45, 7) is 13.7. The van der Waals surface area contributed by atoms with Crippen molar-refractivity contribution < 1.29 is 122 Å². The molecule has 0 spiro atoms. The number of aliphatic hydroxyl groups excluding tert-OH is 5. The van der Waals surface area contributed by atoms with Gasteiger partial charge in [0.25, 0.3) is 0 Å². The average molecular weight is 1870 g/mol. The van der Waals surface area contributed by atoms with Crippen molar-refractivity contribution in [3.63, 3.8) is 0 Å². The lowest BCUT2D eigenvalue weighted by molar-refractivity contribution is -0.150. The van der Waals surface area contributed by atoms with E-state index in [0.29, 0.717) is 105 Å². The van der Waals surface area contributed by atoms with Crippen molar-refractivity contribution in [3.8, 4) is 0 Å². The molecule has 0 amide bonds. The highest BCUT2D eigenvalue weighted by atomic mass is 127. The predicted molar refractivity (Wildman–Crippen MR) is 444 cm³/mol. The molecule has 0 fully saturated rings. The molecule has 0 aromatic carbocycles. The van der Waals surface area contributed by atoms with Crippen molar-refractivity contribution in [2.45, 2.75) is 139 Å². The normalized spacial score (nSPS) is 15.8. The highest BCUT2D eigenvalue weighted by Gasteiger charge is 2.25. The molecule has 0 rings (SSSR count). The number of hydrogen-bond donors (Lipinski definition) is 10. The van der Waals surface area contributed by atoms with Crippen molar-refractivity contribution in [1.82, 2.24) is 0 Å². The molecule has 0 saturated carbocycles. The zero-order valence-electron chi connectivity index (χ0n) is 64.5. The Balaban J connectivity index is 6.57. The Hall–Kier alpha value is 1.97. The van der Waals surface area contributed by atoms with E-state index in [0.717, 1.165) is 89.6 Å². The van der Waals surface area contributed by atoms with Gasteiger partial charge in [0.2, 0.25) is 0 Å². The number of hydrogen-bond acceptors (Lipinski definition) is 36. The maximum Gasteiger partial charge on any atom is 0.117 e. The Kier molecular flexibility index (Phi) is 87.4. The Morgan fingerprint density at radius 1 is 0.262 bits per heavy atom. The van der Waals surface area contributed by atoms with Crippen molar-refractivity contribution in [3.05, 3.63) is 0 Å². The van der Waals surface area contributed by atoms with Crippen molar-refractivity contribution in [2.24, 2.45) is 28.7 Å². The third kappa shape index (κ3) is 72.9. The van der Waals surface area contributed by atoms with Crippen LogP contribution in [0.3, 0.4) is 0 Å². The Labute approximate surface area is 690 Å². The van der Waals surface area contributed by atoms with E-state index in [4.69, 9.17) is 125 Å². The molecule has 0 aliphatic heterocycles. The summed E-state index contributed by atoms with van der Waals surface area (Å²) in [6.07, 6.45) is -3.46. The fourth-order valence-electron chi connectivity index (χ4n) is 8.93. The van der Waals surface area contributed by atoms with Crippen LogP contribution < -0.4 is 28.7 Å². The number of thioether (sulfide) groups is 5. The third-order valence-electron chi connectivity index (χ3n) is 14.5. The molecule has 31 nitrogen and oxygen atoms in total. The zero-order chi connectivity index (χ0) is 78.4. The van der Waals surface area contributed by atoms with Gasteiger partial charge in [0.1, 0.15) is 119 Å². The van der Waals surface area contributed by atoms with Crippen LogP contribution in [0.1, 0.15) is 59.3 Å². The first-order valence-corrected chi connectivity index (χ1v) is 45.4. The minimum absolute atomic E-state index is 0.000997. The Bertz CT molecular complexity index is 1780. The lowest BCUT2D eigenvalue weighted by Crippen LogP contribution is -2.38. The second kappa shape index (κ2) is 85.8. The molecule has 0 saturated heterocycles. The monoisotopic (exact) mass is 1870 g/mol. The van der Waals surface area contributed by atoms with Gasteiger partial charge < -0.3 is 150 Å². The second-order valence-electron chi connectivity index (χ2n) is 24.4. The van der Waals surface area contributed by atoms with Crippen LogP contribution in [0.5, 0.6) is 0 Å². The number of aliphatic hydroxyl groups is 5. The Morgan fingerprint density at radius 2 is 0.533 bits per heavy atom. The molecular weight excluding hydrogens is 1730 g/mol. The SMILES string of the molecule is CCOCC(COCC(O)COCC(COCC(COC(COCC(CO)OCC(O)COCC(O)COCC(COI)OCCCSCCN)COC(CC)COCC(CO)OCCCSCCN)OCC(COCCCSCCN)OCC)OCC(COCCCSCCN)OI)OCCCSCCN. The summed E-state index contributed by atoms with van der Waals surface area (Å²) < 4.78 is 127. The highest BCUT2D eigenvalue weighted by molar-refractivity contribution is 14.1. The van der Waals surface area contributed by atoms with E-state index in [1.807, 2.05) is 66.8 Å². The Morgan fingerprint density at radius 3 is 0.907 bits per heavy atom. The van der Waals surface area contributed by atoms with E-state index < -0.39 is 67.6 Å². The van der Waals surface area contributed by atoms with Crippen LogP contribution in [0.2, 0.25) is 0 Å². The molecule has 0 aliphatic carbocycles.